The number of benzene rings is 1. The average Bonchev–Trinajstić information content (AvgIpc) is 2.25. The van der Waals surface area contributed by atoms with Gasteiger partial charge in [-0.3, -0.25) is 0 Å². The number of hydrogen-bond donors (Lipinski definition) is 0. The third kappa shape index (κ3) is 3.49. The Morgan fingerprint density at radius 3 is 2.62 bits per heavy atom. The zero-order valence-corrected chi connectivity index (χ0v) is 10.8. The predicted octanol–water partition coefficient (Wildman–Crippen LogP) is 3.89. The van der Waals surface area contributed by atoms with Crippen LogP contribution in [-0.2, 0) is 5.33 Å². The molecule has 0 N–H and O–H groups in total. The molecule has 0 saturated heterocycles. The summed E-state index contributed by atoms with van der Waals surface area (Å²) >= 11 is 9.07. The number of alkyl halides is 3. The van der Waals surface area contributed by atoms with Crippen LogP contribution >= 0.6 is 27.5 Å². The first-order valence-electron chi connectivity index (χ1n) is 4.41. The lowest BCUT2D eigenvalue weighted by molar-refractivity contribution is 0.0801. The molecule has 16 heavy (non-hydrogen) atoms. The van der Waals surface area contributed by atoms with Crippen LogP contribution in [0.25, 0.3) is 0 Å². The van der Waals surface area contributed by atoms with Gasteiger partial charge in [0.2, 0.25) is 0 Å². The van der Waals surface area contributed by atoms with Crippen molar-refractivity contribution < 1.29 is 18.3 Å². The normalized spacial score (nSPS) is 10.6. The van der Waals surface area contributed by atoms with Crippen LogP contribution in [0, 0.1) is 0 Å². The second-order valence-electron chi connectivity index (χ2n) is 2.93. The maximum absolute atomic E-state index is 12.1. The van der Waals surface area contributed by atoms with E-state index < -0.39 is 13.0 Å². The highest BCUT2D eigenvalue weighted by molar-refractivity contribution is 9.08. The summed E-state index contributed by atoms with van der Waals surface area (Å²) in [5, 5.41) is 0.915. The van der Waals surface area contributed by atoms with Crippen LogP contribution in [-0.4, -0.2) is 20.1 Å². The van der Waals surface area contributed by atoms with E-state index in [4.69, 9.17) is 21.1 Å². The number of halogens is 4. The number of ether oxygens (including phenoxy) is 2. The highest BCUT2D eigenvalue weighted by Crippen LogP contribution is 2.36. The van der Waals surface area contributed by atoms with Gasteiger partial charge in [-0.2, -0.15) is 0 Å². The van der Waals surface area contributed by atoms with Crippen molar-refractivity contribution in [3.63, 3.8) is 0 Å². The standard InChI is InChI=1S/C10H10BrClF2O2/c1-15-8-3-7(12)2-6(4-11)10(8)16-5-9(13)14/h2-3,9H,4-5H2,1H3. The Labute approximate surface area is 106 Å². The maximum Gasteiger partial charge on any atom is 0.272 e. The minimum absolute atomic E-state index is 0.295. The Bertz CT molecular complexity index is 336. The molecule has 90 valence electrons. The SMILES string of the molecule is COc1cc(Cl)cc(CBr)c1OCC(F)F. The molecule has 6 heteroatoms. The Morgan fingerprint density at radius 1 is 1.44 bits per heavy atom. The molecule has 0 aliphatic carbocycles. The summed E-state index contributed by atoms with van der Waals surface area (Å²) in [5.74, 6) is 0.645. The summed E-state index contributed by atoms with van der Waals surface area (Å²) in [6.45, 7) is -0.669. The average molecular weight is 316 g/mol. The first kappa shape index (κ1) is 13.5. The lowest BCUT2D eigenvalue weighted by Gasteiger charge is -2.14. The lowest BCUT2D eigenvalue weighted by atomic mass is 10.2. The van der Waals surface area contributed by atoms with Gasteiger partial charge in [0.25, 0.3) is 6.43 Å². The number of methoxy groups -OCH3 is 1. The molecule has 0 bridgehead atoms. The number of hydrogen-bond acceptors (Lipinski definition) is 2. The largest absolute Gasteiger partial charge is 0.493 e. The van der Waals surface area contributed by atoms with E-state index >= 15 is 0 Å². The van der Waals surface area contributed by atoms with Gasteiger partial charge >= 0.3 is 0 Å². The van der Waals surface area contributed by atoms with Gasteiger partial charge in [0.1, 0.15) is 6.61 Å². The Hall–Kier alpha value is -0.550. The maximum atomic E-state index is 12.1. The molecule has 0 fully saturated rings. The van der Waals surface area contributed by atoms with Gasteiger partial charge < -0.3 is 9.47 Å². The van der Waals surface area contributed by atoms with Crippen LogP contribution in [0.2, 0.25) is 5.02 Å². The molecule has 1 rings (SSSR count). The van der Waals surface area contributed by atoms with Crippen molar-refractivity contribution in [2.45, 2.75) is 11.8 Å². The predicted molar refractivity (Wildman–Crippen MR) is 62.1 cm³/mol. The van der Waals surface area contributed by atoms with Crippen molar-refractivity contribution in [3.8, 4) is 11.5 Å². The molecule has 2 nitrogen and oxygen atoms in total. The highest BCUT2D eigenvalue weighted by atomic mass is 79.9. The molecule has 0 heterocycles. The molecule has 0 radical (unpaired) electrons. The molecule has 0 amide bonds. The quantitative estimate of drug-likeness (QED) is 0.768. The van der Waals surface area contributed by atoms with Crippen molar-refractivity contribution in [2.75, 3.05) is 13.7 Å². The van der Waals surface area contributed by atoms with Crippen LogP contribution in [0.1, 0.15) is 5.56 Å². The lowest BCUT2D eigenvalue weighted by Crippen LogP contribution is -2.09. The van der Waals surface area contributed by atoms with Gasteiger partial charge in [0.05, 0.1) is 7.11 Å². The fourth-order valence-corrected chi connectivity index (χ4v) is 1.83. The molecular formula is C10H10BrClF2O2. The van der Waals surface area contributed by atoms with E-state index in [2.05, 4.69) is 15.9 Å². The van der Waals surface area contributed by atoms with E-state index in [1.54, 1.807) is 6.07 Å². The van der Waals surface area contributed by atoms with E-state index in [0.717, 1.165) is 0 Å². The van der Waals surface area contributed by atoms with Gasteiger partial charge in [0.15, 0.2) is 11.5 Å². The fourth-order valence-electron chi connectivity index (χ4n) is 1.18. The second-order valence-corrected chi connectivity index (χ2v) is 3.93. The smallest absolute Gasteiger partial charge is 0.272 e. The van der Waals surface area contributed by atoms with Crippen LogP contribution in [0.5, 0.6) is 11.5 Å². The van der Waals surface area contributed by atoms with Crippen LogP contribution in [0.3, 0.4) is 0 Å². The minimum atomic E-state index is -2.52. The van der Waals surface area contributed by atoms with Crippen molar-refractivity contribution in [2.24, 2.45) is 0 Å². The van der Waals surface area contributed by atoms with Gasteiger partial charge in [-0.25, -0.2) is 8.78 Å². The fraction of sp³-hybridized carbons (Fsp3) is 0.400. The zero-order chi connectivity index (χ0) is 12.1. The van der Waals surface area contributed by atoms with Crippen LogP contribution < -0.4 is 9.47 Å². The Balaban J connectivity index is 3.02. The Morgan fingerprint density at radius 2 is 2.12 bits per heavy atom. The molecule has 0 atom stereocenters. The highest BCUT2D eigenvalue weighted by Gasteiger charge is 2.14. The van der Waals surface area contributed by atoms with E-state index in [0.29, 0.717) is 27.4 Å². The third-order valence-corrected chi connectivity index (χ3v) is 2.64. The first-order valence-corrected chi connectivity index (χ1v) is 5.91. The zero-order valence-electron chi connectivity index (χ0n) is 8.47. The molecule has 0 unspecified atom stereocenters. The third-order valence-electron chi connectivity index (χ3n) is 1.81. The molecule has 0 aliphatic rings. The summed E-state index contributed by atoms with van der Waals surface area (Å²) in [6.07, 6.45) is -2.52. The van der Waals surface area contributed by atoms with Crippen molar-refractivity contribution >= 4 is 27.5 Å². The second kappa shape index (κ2) is 6.25. The summed E-state index contributed by atoms with van der Waals surface area (Å²) < 4.78 is 34.2. The van der Waals surface area contributed by atoms with Crippen molar-refractivity contribution in [1.29, 1.82) is 0 Å². The van der Waals surface area contributed by atoms with Gasteiger partial charge in [-0.05, 0) is 6.07 Å². The summed E-state index contributed by atoms with van der Waals surface area (Å²) in [5.41, 5.74) is 0.671. The molecule has 0 spiro atoms. The monoisotopic (exact) mass is 314 g/mol. The summed E-state index contributed by atoms with van der Waals surface area (Å²) in [6, 6.07) is 3.16. The van der Waals surface area contributed by atoms with E-state index in [1.165, 1.54) is 13.2 Å². The van der Waals surface area contributed by atoms with Gasteiger partial charge in [-0.15, -0.1) is 0 Å². The van der Waals surface area contributed by atoms with E-state index in [9.17, 15) is 8.78 Å². The van der Waals surface area contributed by atoms with Crippen molar-refractivity contribution in [1.82, 2.24) is 0 Å². The molecule has 0 saturated carbocycles. The van der Waals surface area contributed by atoms with Crippen molar-refractivity contribution in [3.05, 3.63) is 22.7 Å². The van der Waals surface area contributed by atoms with E-state index in [-0.39, 0.29) is 0 Å². The Kier molecular flexibility index (Phi) is 5.28. The van der Waals surface area contributed by atoms with Crippen LogP contribution in [0.15, 0.2) is 12.1 Å². The number of rotatable bonds is 5. The molecule has 1 aromatic carbocycles. The summed E-state index contributed by atoms with van der Waals surface area (Å²) in [7, 11) is 1.43. The molecule has 1 aromatic rings. The summed E-state index contributed by atoms with van der Waals surface area (Å²) in [4.78, 5) is 0. The van der Waals surface area contributed by atoms with E-state index in [1.807, 2.05) is 0 Å². The molecular weight excluding hydrogens is 305 g/mol. The van der Waals surface area contributed by atoms with Gasteiger partial charge in [0, 0.05) is 22.0 Å². The topological polar surface area (TPSA) is 18.5 Å². The van der Waals surface area contributed by atoms with Crippen LogP contribution in [0.4, 0.5) is 8.78 Å². The minimum Gasteiger partial charge on any atom is -0.493 e. The molecule has 0 aliphatic heterocycles. The molecule has 0 aromatic heterocycles. The first-order chi connectivity index (χ1) is 7.58. The van der Waals surface area contributed by atoms with Gasteiger partial charge in [-0.1, -0.05) is 27.5 Å².